The van der Waals surface area contributed by atoms with Gasteiger partial charge in [-0.2, -0.15) is 0 Å². The number of benzene rings is 2. The molecule has 3 rings (SSSR count). The van der Waals surface area contributed by atoms with Gasteiger partial charge in [-0.3, -0.25) is 0 Å². The number of carbonyl (C=O) groups excluding carboxylic acids is 1. The van der Waals surface area contributed by atoms with Crippen LogP contribution in [-0.4, -0.2) is 28.6 Å². The van der Waals surface area contributed by atoms with E-state index in [0.29, 0.717) is 19.5 Å². The Balaban J connectivity index is 1.62. The maximum Gasteiger partial charge on any atom is 0.317 e. The maximum atomic E-state index is 13.7. The Morgan fingerprint density at radius 1 is 1.24 bits per heavy atom. The highest BCUT2D eigenvalue weighted by Crippen LogP contribution is 2.23. The van der Waals surface area contributed by atoms with Crippen molar-refractivity contribution in [1.29, 1.82) is 0 Å². The summed E-state index contributed by atoms with van der Waals surface area (Å²) < 4.78 is 27.4. The number of hydrogen-bond acceptors (Lipinski definition) is 2. The third kappa shape index (κ3) is 3.90. The molecule has 0 aromatic heterocycles. The lowest BCUT2D eigenvalue weighted by atomic mass is 10.00. The number of urea groups is 1. The zero-order valence-electron chi connectivity index (χ0n) is 13.9. The first-order chi connectivity index (χ1) is 11.9. The predicted octanol–water partition coefficient (Wildman–Crippen LogP) is 3.37. The molecular formula is C19H20F2N2O2. The smallest absolute Gasteiger partial charge is 0.317 e. The molecule has 0 aliphatic carbocycles. The standard InChI is InChI=1S/C19H20F2N2O2/c1-12(9-16-17(20)3-2-4-18(16)21)22-19(25)23-8-7-13-5-6-15(24)10-14(13)11-23/h2-6,10,12,24H,7-9,11H2,1H3,(H,22,25). The fraction of sp³-hybridized carbons (Fsp3) is 0.316. The molecule has 1 heterocycles. The second-order valence-electron chi connectivity index (χ2n) is 6.38. The van der Waals surface area contributed by atoms with E-state index in [1.54, 1.807) is 24.0 Å². The number of halogens is 2. The fourth-order valence-corrected chi connectivity index (χ4v) is 3.10. The van der Waals surface area contributed by atoms with Crippen LogP contribution in [0.1, 0.15) is 23.6 Å². The molecule has 1 atom stereocenters. The van der Waals surface area contributed by atoms with Gasteiger partial charge in [-0.05, 0) is 55.2 Å². The molecule has 2 amide bonds. The average molecular weight is 346 g/mol. The minimum absolute atomic E-state index is 0.0239. The summed E-state index contributed by atoms with van der Waals surface area (Å²) in [5.41, 5.74) is 2.00. The molecule has 1 aliphatic heterocycles. The van der Waals surface area contributed by atoms with Crippen LogP contribution in [0.2, 0.25) is 0 Å². The van der Waals surface area contributed by atoms with Gasteiger partial charge in [0.15, 0.2) is 0 Å². The van der Waals surface area contributed by atoms with Crippen LogP contribution in [0.5, 0.6) is 5.75 Å². The van der Waals surface area contributed by atoms with Crippen molar-refractivity contribution in [3.8, 4) is 5.75 Å². The van der Waals surface area contributed by atoms with Crippen LogP contribution in [0.4, 0.5) is 13.6 Å². The van der Waals surface area contributed by atoms with Crippen molar-refractivity contribution in [2.75, 3.05) is 6.54 Å². The van der Waals surface area contributed by atoms with E-state index in [0.717, 1.165) is 11.1 Å². The molecule has 0 fully saturated rings. The molecule has 2 aromatic rings. The molecule has 1 aliphatic rings. The number of aromatic hydroxyl groups is 1. The fourth-order valence-electron chi connectivity index (χ4n) is 3.10. The van der Waals surface area contributed by atoms with E-state index in [1.807, 2.05) is 6.07 Å². The minimum atomic E-state index is -0.608. The summed E-state index contributed by atoms with van der Waals surface area (Å²) in [6.07, 6.45) is 0.787. The lowest BCUT2D eigenvalue weighted by Crippen LogP contribution is -2.46. The highest BCUT2D eigenvalue weighted by Gasteiger charge is 2.22. The number of phenols is 1. The van der Waals surface area contributed by atoms with Crippen LogP contribution in [-0.2, 0) is 19.4 Å². The molecule has 0 bridgehead atoms. The van der Waals surface area contributed by atoms with Crippen molar-refractivity contribution >= 4 is 6.03 Å². The van der Waals surface area contributed by atoms with Crippen molar-refractivity contribution < 1.29 is 18.7 Å². The van der Waals surface area contributed by atoms with Gasteiger partial charge in [-0.1, -0.05) is 12.1 Å². The van der Waals surface area contributed by atoms with Gasteiger partial charge >= 0.3 is 6.03 Å². The number of hydrogen-bond donors (Lipinski definition) is 2. The first-order valence-corrected chi connectivity index (χ1v) is 8.23. The molecule has 0 saturated heterocycles. The van der Waals surface area contributed by atoms with Crippen LogP contribution in [0, 0.1) is 11.6 Å². The third-order valence-corrected chi connectivity index (χ3v) is 4.43. The SMILES string of the molecule is CC(Cc1c(F)cccc1F)NC(=O)N1CCc2ccc(O)cc2C1. The third-order valence-electron chi connectivity index (χ3n) is 4.43. The van der Waals surface area contributed by atoms with E-state index in [2.05, 4.69) is 5.32 Å². The van der Waals surface area contributed by atoms with Gasteiger partial charge in [0, 0.05) is 24.7 Å². The molecule has 132 valence electrons. The van der Waals surface area contributed by atoms with E-state index in [1.165, 1.54) is 18.2 Å². The monoisotopic (exact) mass is 346 g/mol. The molecule has 2 aromatic carbocycles. The summed E-state index contributed by atoms with van der Waals surface area (Å²) in [6, 6.07) is 8.21. The van der Waals surface area contributed by atoms with Gasteiger partial charge in [0.1, 0.15) is 17.4 Å². The van der Waals surface area contributed by atoms with Gasteiger partial charge in [0.2, 0.25) is 0 Å². The second kappa shape index (κ2) is 7.09. The first kappa shape index (κ1) is 17.2. The highest BCUT2D eigenvalue weighted by molar-refractivity contribution is 5.75. The molecule has 0 spiro atoms. The van der Waals surface area contributed by atoms with Crippen LogP contribution in [0.3, 0.4) is 0 Å². The number of nitrogens with zero attached hydrogens (tertiary/aromatic N) is 1. The largest absolute Gasteiger partial charge is 0.508 e. The zero-order valence-corrected chi connectivity index (χ0v) is 13.9. The Morgan fingerprint density at radius 3 is 2.68 bits per heavy atom. The Hall–Kier alpha value is -2.63. The number of nitrogens with one attached hydrogen (secondary N) is 1. The summed E-state index contributed by atoms with van der Waals surface area (Å²) in [5, 5.41) is 12.4. The molecule has 4 nitrogen and oxygen atoms in total. The first-order valence-electron chi connectivity index (χ1n) is 8.23. The normalized spacial score (nSPS) is 14.8. The lowest BCUT2D eigenvalue weighted by Gasteiger charge is -2.30. The predicted molar refractivity (Wildman–Crippen MR) is 90.3 cm³/mol. The van der Waals surface area contributed by atoms with Gasteiger partial charge in [0.05, 0.1) is 0 Å². The van der Waals surface area contributed by atoms with Crippen molar-refractivity contribution in [2.45, 2.75) is 32.4 Å². The quantitative estimate of drug-likeness (QED) is 0.895. The summed E-state index contributed by atoms with van der Waals surface area (Å²) in [7, 11) is 0. The zero-order chi connectivity index (χ0) is 18.0. The van der Waals surface area contributed by atoms with Crippen LogP contribution >= 0.6 is 0 Å². The molecule has 0 radical (unpaired) electrons. The van der Waals surface area contributed by atoms with E-state index in [-0.39, 0.29) is 23.8 Å². The van der Waals surface area contributed by atoms with Gasteiger partial charge in [0.25, 0.3) is 0 Å². The minimum Gasteiger partial charge on any atom is -0.508 e. The van der Waals surface area contributed by atoms with Crippen LogP contribution in [0.25, 0.3) is 0 Å². The van der Waals surface area contributed by atoms with E-state index in [9.17, 15) is 18.7 Å². The highest BCUT2D eigenvalue weighted by atomic mass is 19.1. The summed E-state index contributed by atoms with van der Waals surface area (Å²) in [5.74, 6) is -1.05. The molecule has 25 heavy (non-hydrogen) atoms. The topological polar surface area (TPSA) is 52.6 Å². The molecule has 2 N–H and O–H groups in total. The Morgan fingerprint density at radius 2 is 1.96 bits per heavy atom. The average Bonchev–Trinajstić information content (AvgIpc) is 2.57. The molecule has 6 heteroatoms. The Bertz CT molecular complexity index is 775. The molecule has 0 saturated carbocycles. The Kier molecular flexibility index (Phi) is 4.88. The van der Waals surface area contributed by atoms with Gasteiger partial charge in [-0.25, -0.2) is 13.6 Å². The van der Waals surface area contributed by atoms with Crippen molar-refractivity contribution in [2.24, 2.45) is 0 Å². The van der Waals surface area contributed by atoms with Crippen molar-refractivity contribution in [1.82, 2.24) is 10.2 Å². The number of phenolic OH excluding ortho intramolecular Hbond substituents is 1. The molecular weight excluding hydrogens is 326 g/mol. The van der Waals surface area contributed by atoms with E-state index < -0.39 is 17.7 Å². The number of carbonyl (C=O) groups is 1. The lowest BCUT2D eigenvalue weighted by molar-refractivity contribution is 0.188. The van der Waals surface area contributed by atoms with Gasteiger partial charge < -0.3 is 15.3 Å². The van der Waals surface area contributed by atoms with Crippen molar-refractivity contribution in [3.63, 3.8) is 0 Å². The van der Waals surface area contributed by atoms with E-state index in [4.69, 9.17) is 0 Å². The number of amides is 2. The number of rotatable bonds is 3. The number of fused-ring (bicyclic) bond motifs is 1. The van der Waals surface area contributed by atoms with E-state index >= 15 is 0 Å². The van der Waals surface area contributed by atoms with Crippen molar-refractivity contribution in [3.05, 3.63) is 64.7 Å². The maximum absolute atomic E-state index is 13.7. The summed E-state index contributed by atoms with van der Waals surface area (Å²) >= 11 is 0. The second-order valence-corrected chi connectivity index (χ2v) is 6.38. The van der Waals surface area contributed by atoms with Gasteiger partial charge in [-0.15, -0.1) is 0 Å². The van der Waals surface area contributed by atoms with Crippen LogP contribution < -0.4 is 5.32 Å². The van der Waals surface area contributed by atoms with Crippen LogP contribution in [0.15, 0.2) is 36.4 Å². The summed E-state index contributed by atoms with van der Waals surface area (Å²) in [6.45, 7) is 2.67. The summed E-state index contributed by atoms with van der Waals surface area (Å²) in [4.78, 5) is 14.1. The molecule has 1 unspecified atom stereocenters. The Labute approximate surface area is 145 Å².